The minimum absolute atomic E-state index is 0.0566. The molecule has 1 fully saturated rings. The number of carbonyl (C=O) groups excluding carboxylic acids is 1. The minimum atomic E-state index is -1.58. The van der Waals surface area contributed by atoms with Crippen molar-refractivity contribution in [1.29, 1.82) is 0 Å². The molecule has 1 aliphatic rings. The summed E-state index contributed by atoms with van der Waals surface area (Å²) in [7, 11) is 0. The molecule has 0 aromatic heterocycles. The van der Waals surface area contributed by atoms with Gasteiger partial charge in [0.1, 0.15) is 0 Å². The van der Waals surface area contributed by atoms with Gasteiger partial charge in [-0.15, -0.1) is 0 Å². The van der Waals surface area contributed by atoms with Crippen LogP contribution in [0.15, 0.2) is 0 Å². The first kappa shape index (κ1) is 9.65. The standard InChI is InChI=1S/C9H15FO2/c1-6(2)12-8-4-9(10,5-8)7(3)11/h6,8H,4-5H2,1-3H3. The first-order chi connectivity index (χ1) is 5.44. The lowest BCUT2D eigenvalue weighted by molar-refractivity contribution is -0.153. The van der Waals surface area contributed by atoms with Crippen LogP contribution in [0.3, 0.4) is 0 Å². The van der Waals surface area contributed by atoms with Crippen molar-refractivity contribution in [3.05, 3.63) is 0 Å². The lowest BCUT2D eigenvalue weighted by atomic mass is 9.76. The zero-order chi connectivity index (χ0) is 9.35. The summed E-state index contributed by atoms with van der Waals surface area (Å²) in [5, 5.41) is 0. The average Bonchev–Trinajstić information content (AvgIpc) is 1.82. The van der Waals surface area contributed by atoms with E-state index in [0.717, 1.165) is 0 Å². The Bertz CT molecular complexity index is 183. The van der Waals surface area contributed by atoms with Gasteiger partial charge >= 0.3 is 0 Å². The van der Waals surface area contributed by atoms with Crippen molar-refractivity contribution in [3.8, 4) is 0 Å². The zero-order valence-corrected chi connectivity index (χ0v) is 7.76. The fourth-order valence-electron chi connectivity index (χ4n) is 1.43. The highest BCUT2D eigenvalue weighted by atomic mass is 19.1. The Morgan fingerprint density at radius 3 is 2.42 bits per heavy atom. The second-order valence-corrected chi connectivity index (χ2v) is 3.74. The van der Waals surface area contributed by atoms with E-state index >= 15 is 0 Å². The summed E-state index contributed by atoms with van der Waals surface area (Å²) in [6.07, 6.45) is 0.534. The summed E-state index contributed by atoms with van der Waals surface area (Å²) in [6, 6.07) is 0. The van der Waals surface area contributed by atoms with Gasteiger partial charge in [-0.25, -0.2) is 4.39 Å². The number of hydrogen-bond acceptors (Lipinski definition) is 2. The fraction of sp³-hybridized carbons (Fsp3) is 0.889. The van der Waals surface area contributed by atoms with Crippen molar-refractivity contribution in [1.82, 2.24) is 0 Å². The SMILES string of the molecule is CC(=O)C1(F)CC(OC(C)C)C1. The molecule has 2 nitrogen and oxygen atoms in total. The van der Waals surface area contributed by atoms with Crippen LogP contribution >= 0.6 is 0 Å². The van der Waals surface area contributed by atoms with Gasteiger partial charge in [0.2, 0.25) is 0 Å². The van der Waals surface area contributed by atoms with Crippen LogP contribution in [0.1, 0.15) is 33.6 Å². The van der Waals surface area contributed by atoms with Crippen LogP contribution in [0.25, 0.3) is 0 Å². The van der Waals surface area contributed by atoms with Gasteiger partial charge in [0, 0.05) is 12.8 Å². The highest BCUT2D eigenvalue weighted by Gasteiger charge is 2.49. The molecule has 0 radical (unpaired) electrons. The molecule has 0 heterocycles. The smallest absolute Gasteiger partial charge is 0.173 e. The summed E-state index contributed by atoms with van der Waals surface area (Å²) in [5.74, 6) is -0.369. The van der Waals surface area contributed by atoms with Crippen LogP contribution in [0, 0.1) is 0 Å². The molecule has 3 heteroatoms. The molecule has 0 saturated heterocycles. The fourth-order valence-corrected chi connectivity index (χ4v) is 1.43. The molecule has 0 N–H and O–H groups in total. The van der Waals surface area contributed by atoms with Gasteiger partial charge in [0.25, 0.3) is 0 Å². The molecule has 0 bridgehead atoms. The number of ketones is 1. The number of alkyl halides is 1. The van der Waals surface area contributed by atoms with E-state index in [4.69, 9.17) is 4.74 Å². The topological polar surface area (TPSA) is 26.3 Å². The van der Waals surface area contributed by atoms with Crippen molar-refractivity contribution in [3.63, 3.8) is 0 Å². The average molecular weight is 174 g/mol. The van der Waals surface area contributed by atoms with E-state index in [1.807, 2.05) is 13.8 Å². The van der Waals surface area contributed by atoms with Crippen molar-refractivity contribution < 1.29 is 13.9 Å². The second kappa shape index (κ2) is 3.13. The molecule has 1 aliphatic carbocycles. The van der Waals surface area contributed by atoms with E-state index in [2.05, 4.69) is 0 Å². The summed E-state index contributed by atoms with van der Waals surface area (Å²) in [6.45, 7) is 5.11. The lowest BCUT2D eigenvalue weighted by Gasteiger charge is -2.39. The highest BCUT2D eigenvalue weighted by molar-refractivity contribution is 5.86. The van der Waals surface area contributed by atoms with Gasteiger partial charge in [-0.05, 0) is 20.8 Å². The Balaban J connectivity index is 2.32. The van der Waals surface area contributed by atoms with Gasteiger partial charge in [0.15, 0.2) is 11.5 Å². The highest BCUT2D eigenvalue weighted by Crippen LogP contribution is 2.39. The van der Waals surface area contributed by atoms with E-state index in [-0.39, 0.29) is 30.8 Å². The first-order valence-corrected chi connectivity index (χ1v) is 4.29. The number of halogens is 1. The monoisotopic (exact) mass is 174 g/mol. The van der Waals surface area contributed by atoms with Gasteiger partial charge in [0.05, 0.1) is 12.2 Å². The van der Waals surface area contributed by atoms with E-state index < -0.39 is 5.67 Å². The van der Waals surface area contributed by atoms with Crippen molar-refractivity contribution >= 4 is 5.78 Å². The van der Waals surface area contributed by atoms with Gasteiger partial charge in [-0.1, -0.05) is 0 Å². The number of hydrogen-bond donors (Lipinski definition) is 0. The maximum Gasteiger partial charge on any atom is 0.173 e. The Hall–Kier alpha value is -0.440. The van der Waals surface area contributed by atoms with E-state index in [1.54, 1.807) is 0 Å². The van der Waals surface area contributed by atoms with Gasteiger partial charge in [-0.3, -0.25) is 4.79 Å². The van der Waals surface area contributed by atoms with Crippen molar-refractivity contribution in [2.75, 3.05) is 0 Å². The number of Topliss-reactive ketones (excluding diaryl/α,β-unsaturated/α-hetero) is 1. The Labute approximate surface area is 72.1 Å². The summed E-state index contributed by atoms with van der Waals surface area (Å²) in [4.78, 5) is 10.7. The Morgan fingerprint density at radius 1 is 1.58 bits per heavy atom. The van der Waals surface area contributed by atoms with Crippen molar-refractivity contribution in [2.24, 2.45) is 0 Å². The predicted molar refractivity (Wildman–Crippen MR) is 43.8 cm³/mol. The molecule has 12 heavy (non-hydrogen) atoms. The predicted octanol–water partition coefficient (Wildman–Crippen LogP) is 1.87. The maximum atomic E-state index is 13.3. The Kier molecular flexibility index (Phi) is 2.52. The zero-order valence-electron chi connectivity index (χ0n) is 7.76. The minimum Gasteiger partial charge on any atom is -0.375 e. The molecular weight excluding hydrogens is 159 g/mol. The summed E-state index contributed by atoms with van der Waals surface area (Å²) < 4.78 is 18.6. The van der Waals surface area contributed by atoms with Crippen LogP contribution in [-0.2, 0) is 9.53 Å². The van der Waals surface area contributed by atoms with Crippen LogP contribution in [0.4, 0.5) is 4.39 Å². The van der Waals surface area contributed by atoms with E-state index in [0.29, 0.717) is 0 Å². The third-order valence-corrected chi connectivity index (χ3v) is 2.20. The quantitative estimate of drug-likeness (QED) is 0.653. The second-order valence-electron chi connectivity index (χ2n) is 3.74. The maximum absolute atomic E-state index is 13.3. The molecule has 0 aromatic rings. The largest absolute Gasteiger partial charge is 0.375 e. The van der Waals surface area contributed by atoms with Gasteiger partial charge in [-0.2, -0.15) is 0 Å². The van der Waals surface area contributed by atoms with Crippen molar-refractivity contribution in [2.45, 2.75) is 51.5 Å². The van der Waals surface area contributed by atoms with E-state index in [9.17, 15) is 9.18 Å². The van der Waals surface area contributed by atoms with Crippen LogP contribution in [0.5, 0.6) is 0 Å². The third kappa shape index (κ3) is 1.83. The van der Waals surface area contributed by atoms with Gasteiger partial charge < -0.3 is 4.74 Å². The number of carbonyl (C=O) groups is 1. The molecule has 70 valence electrons. The number of rotatable bonds is 3. The molecular formula is C9H15FO2. The third-order valence-electron chi connectivity index (χ3n) is 2.20. The van der Waals surface area contributed by atoms with E-state index in [1.165, 1.54) is 6.92 Å². The summed E-state index contributed by atoms with van der Waals surface area (Å²) in [5.41, 5.74) is -1.58. The first-order valence-electron chi connectivity index (χ1n) is 4.29. The molecule has 0 aromatic carbocycles. The normalized spacial score (nSPS) is 34.9. The number of ether oxygens (including phenoxy) is 1. The molecule has 0 aliphatic heterocycles. The Morgan fingerprint density at radius 2 is 2.08 bits per heavy atom. The van der Waals surface area contributed by atoms with Crippen LogP contribution in [0.2, 0.25) is 0 Å². The molecule has 0 spiro atoms. The van der Waals surface area contributed by atoms with Crippen LogP contribution < -0.4 is 0 Å². The molecule has 0 atom stereocenters. The molecule has 1 saturated carbocycles. The van der Waals surface area contributed by atoms with Crippen LogP contribution in [-0.4, -0.2) is 23.7 Å². The molecule has 0 amide bonds. The summed E-state index contributed by atoms with van der Waals surface area (Å²) >= 11 is 0. The molecule has 0 unspecified atom stereocenters. The lowest BCUT2D eigenvalue weighted by Crippen LogP contribution is -2.50. The molecule has 1 rings (SSSR count).